The van der Waals surface area contributed by atoms with Crippen molar-refractivity contribution < 1.29 is 43.6 Å². The van der Waals surface area contributed by atoms with Crippen molar-refractivity contribution in [3.05, 3.63) is 51.5 Å². The van der Waals surface area contributed by atoms with Crippen molar-refractivity contribution in [1.82, 2.24) is 5.01 Å². The average molecular weight is 360 g/mol. The second-order valence-corrected chi connectivity index (χ2v) is 5.24. The number of amides is 3. The number of halogens is 2. The van der Waals surface area contributed by atoms with Gasteiger partial charge in [0.15, 0.2) is 11.9 Å². The minimum absolute atomic E-state index is 0. The summed E-state index contributed by atoms with van der Waals surface area (Å²) in [5, 5.41) is 8.94. The molecule has 0 N–H and O–H groups in total. The molecule has 6 nitrogen and oxygen atoms in total. The Bertz CT molecular complexity index is 791. The molecule has 1 saturated heterocycles. The van der Waals surface area contributed by atoms with E-state index in [-0.39, 0.29) is 36.1 Å². The van der Waals surface area contributed by atoms with Crippen LogP contribution in [0.15, 0.2) is 39.9 Å². The van der Waals surface area contributed by atoms with E-state index in [0.29, 0.717) is 21.6 Å². The van der Waals surface area contributed by atoms with Gasteiger partial charge >= 0.3 is 29.6 Å². The molecule has 112 valence electrons. The van der Waals surface area contributed by atoms with Gasteiger partial charge in [0.1, 0.15) is 11.5 Å². The standard InChI is InChI=1S/C14H9Cl2N3O3.Na/c15-10-3-1-8(5-11(10)16)12-4-2-9(22-12)6-17-19-7-13(20)18-14(19)21;/h1-6H,7H2,(H,18,20,21);/q;+1/p-1. The number of hydrogen-bond donors (Lipinski definition) is 0. The molecule has 23 heavy (non-hydrogen) atoms. The Balaban J connectivity index is 0.00000192. The fourth-order valence-corrected chi connectivity index (χ4v) is 2.14. The summed E-state index contributed by atoms with van der Waals surface area (Å²) in [5.41, 5.74) is 0.761. The smallest absolute Gasteiger partial charge is 0.455 e. The first-order chi connectivity index (χ1) is 10.5. The maximum absolute atomic E-state index is 11.3. The molecule has 0 aliphatic carbocycles. The van der Waals surface area contributed by atoms with E-state index in [1.165, 1.54) is 6.21 Å². The van der Waals surface area contributed by atoms with Gasteiger partial charge in [-0.05, 0) is 30.3 Å². The van der Waals surface area contributed by atoms with Crippen molar-refractivity contribution in [1.29, 1.82) is 0 Å². The molecule has 9 heteroatoms. The number of nitrogens with zero attached hydrogens (tertiary/aromatic N) is 3. The quantitative estimate of drug-likeness (QED) is 0.464. The second kappa shape index (κ2) is 7.51. The van der Waals surface area contributed by atoms with E-state index in [1.807, 2.05) is 0 Å². The minimum atomic E-state index is -0.683. The zero-order chi connectivity index (χ0) is 15.7. The first-order valence-corrected chi connectivity index (χ1v) is 6.94. The van der Waals surface area contributed by atoms with Crippen molar-refractivity contribution >= 4 is 41.4 Å². The molecule has 0 saturated carbocycles. The summed E-state index contributed by atoms with van der Waals surface area (Å²) in [4.78, 5) is 22.2. The van der Waals surface area contributed by atoms with Crippen LogP contribution in [0, 0.1) is 0 Å². The maximum Gasteiger partial charge on any atom is 1.00 e. The van der Waals surface area contributed by atoms with E-state index < -0.39 is 11.9 Å². The van der Waals surface area contributed by atoms with Gasteiger partial charge in [0.25, 0.3) is 0 Å². The Morgan fingerprint density at radius 3 is 2.61 bits per heavy atom. The molecule has 0 bridgehead atoms. The summed E-state index contributed by atoms with van der Waals surface area (Å²) in [6.45, 7) is -0.157. The molecule has 2 heterocycles. The summed E-state index contributed by atoms with van der Waals surface area (Å²) >= 11 is 11.8. The van der Waals surface area contributed by atoms with Crippen LogP contribution in [0.4, 0.5) is 4.79 Å². The third-order valence-electron chi connectivity index (χ3n) is 2.88. The van der Waals surface area contributed by atoms with Gasteiger partial charge in [0.05, 0.1) is 16.3 Å². The number of rotatable bonds is 3. The van der Waals surface area contributed by atoms with E-state index in [9.17, 15) is 9.59 Å². The fourth-order valence-electron chi connectivity index (χ4n) is 1.84. The van der Waals surface area contributed by atoms with Gasteiger partial charge in [-0.15, -0.1) is 0 Å². The minimum Gasteiger partial charge on any atom is -0.455 e. The van der Waals surface area contributed by atoms with Gasteiger partial charge in [-0.2, -0.15) is 0 Å². The Hall–Kier alpha value is -1.31. The van der Waals surface area contributed by atoms with Gasteiger partial charge in [-0.25, -0.2) is 0 Å². The van der Waals surface area contributed by atoms with Crippen molar-refractivity contribution in [2.24, 2.45) is 5.10 Å². The van der Waals surface area contributed by atoms with E-state index >= 15 is 0 Å². The van der Waals surface area contributed by atoms with E-state index in [2.05, 4.69) is 10.4 Å². The van der Waals surface area contributed by atoms with Crippen LogP contribution >= 0.6 is 23.2 Å². The molecule has 1 aromatic carbocycles. The van der Waals surface area contributed by atoms with Crippen LogP contribution in [0.3, 0.4) is 0 Å². The zero-order valence-corrected chi connectivity index (χ0v) is 15.5. The predicted molar refractivity (Wildman–Crippen MR) is 82.2 cm³/mol. The van der Waals surface area contributed by atoms with Crippen LogP contribution < -0.4 is 29.6 Å². The number of carbonyl (C=O) groups is 2. The zero-order valence-electron chi connectivity index (χ0n) is 12.0. The van der Waals surface area contributed by atoms with Gasteiger partial charge in [0.2, 0.25) is 0 Å². The fraction of sp³-hybridized carbons (Fsp3) is 0.0714. The second-order valence-electron chi connectivity index (χ2n) is 4.42. The monoisotopic (exact) mass is 359 g/mol. The van der Waals surface area contributed by atoms with Crippen LogP contribution in [-0.4, -0.2) is 29.7 Å². The SMILES string of the molecule is O=C1CN(N=Cc2ccc(-c3ccc(Cl)c(Cl)c3)o2)C(=O)[N-]1.[Na+]. The van der Waals surface area contributed by atoms with Gasteiger partial charge in [0, 0.05) is 12.1 Å². The summed E-state index contributed by atoms with van der Waals surface area (Å²) in [5.74, 6) is 0.486. The van der Waals surface area contributed by atoms with E-state index in [0.717, 1.165) is 10.6 Å². The first kappa shape index (κ1) is 18.0. The maximum atomic E-state index is 11.3. The molecule has 0 atom stereocenters. The number of carbonyl (C=O) groups excluding carboxylic acids is 2. The first-order valence-electron chi connectivity index (χ1n) is 6.18. The molecular weight excluding hydrogens is 352 g/mol. The molecule has 1 fully saturated rings. The van der Waals surface area contributed by atoms with E-state index in [4.69, 9.17) is 27.6 Å². The van der Waals surface area contributed by atoms with E-state index in [1.54, 1.807) is 30.3 Å². The summed E-state index contributed by atoms with van der Waals surface area (Å²) in [6.07, 6.45) is 1.34. The Morgan fingerprint density at radius 2 is 1.96 bits per heavy atom. The molecule has 1 aliphatic heterocycles. The van der Waals surface area contributed by atoms with Gasteiger partial charge in [-0.3, -0.25) is 14.7 Å². The van der Waals surface area contributed by atoms with Crippen LogP contribution in [0.25, 0.3) is 16.6 Å². The summed E-state index contributed by atoms with van der Waals surface area (Å²) in [7, 11) is 0. The number of imide groups is 1. The van der Waals surface area contributed by atoms with Crippen molar-refractivity contribution in [3.63, 3.8) is 0 Å². The Labute approximate surface area is 163 Å². The predicted octanol–water partition coefficient (Wildman–Crippen LogP) is 0.927. The van der Waals surface area contributed by atoms with Gasteiger partial charge < -0.3 is 14.7 Å². The van der Waals surface area contributed by atoms with Crippen LogP contribution in [0.1, 0.15) is 5.76 Å². The number of hydrogen-bond acceptors (Lipinski definition) is 4. The molecule has 1 aliphatic rings. The Kier molecular flexibility index (Phi) is 5.89. The van der Waals surface area contributed by atoms with Crippen molar-refractivity contribution in [2.75, 3.05) is 6.54 Å². The Morgan fingerprint density at radius 1 is 1.17 bits per heavy atom. The molecule has 3 rings (SSSR count). The number of benzene rings is 1. The molecule has 0 radical (unpaired) electrons. The normalized spacial score (nSPS) is 14.3. The third-order valence-corrected chi connectivity index (χ3v) is 3.62. The van der Waals surface area contributed by atoms with Crippen molar-refractivity contribution in [3.8, 4) is 11.3 Å². The molecular formula is C14H8Cl2N3NaO3. The summed E-state index contributed by atoms with van der Waals surface area (Å²) in [6, 6.07) is 7.87. The number of furan rings is 1. The van der Waals surface area contributed by atoms with Crippen LogP contribution in [-0.2, 0) is 4.79 Å². The number of urea groups is 1. The third kappa shape index (κ3) is 4.16. The largest absolute Gasteiger partial charge is 1.00 e. The van der Waals surface area contributed by atoms with Crippen LogP contribution in [0.2, 0.25) is 10.0 Å². The van der Waals surface area contributed by atoms with Crippen LogP contribution in [0.5, 0.6) is 0 Å². The molecule has 3 amide bonds. The summed E-state index contributed by atoms with van der Waals surface area (Å²) < 4.78 is 5.58. The molecule has 0 unspecified atom stereocenters. The molecule has 1 aromatic heterocycles. The average Bonchev–Trinajstić information content (AvgIpc) is 3.06. The van der Waals surface area contributed by atoms with Crippen molar-refractivity contribution in [2.45, 2.75) is 0 Å². The topological polar surface area (TPSA) is 77.0 Å². The molecule has 0 spiro atoms. The van der Waals surface area contributed by atoms with Gasteiger partial charge in [-0.1, -0.05) is 23.2 Å². The molecule has 2 aromatic rings. The number of hydrazone groups is 1.